The summed E-state index contributed by atoms with van der Waals surface area (Å²) in [6, 6.07) is 10.2. The maximum atomic E-state index is 5.60. The van der Waals surface area contributed by atoms with Gasteiger partial charge in [0.2, 0.25) is 0 Å². The van der Waals surface area contributed by atoms with E-state index in [0.29, 0.717) is 13.2 Å². The average molecular weight is 284 g/mol. The quantitative estimate of drug-likeness (QED) is 0.388. The van der Waals surface area contributed by atoms with E-state index in [1.807, 2.05) is 24.3 Å². The van der Waals surface area contributed by atoms with Crippen LogP contribution in [0.15, 0.2) is 43.0 Å². The van der Waals surface area contributed by atoms with Crippen molar-refractivity contribution < 1.29 is 9.47 Å². The Morgan fingerprint density at radius 3 is 2.67 bits per heavy atom. The highest BCUT2D eigenvalue weighted by Gasteiger charge is 2.39. The van der Waals surface area contributed by atoms with Crippen molar-refractivity contribution in [1.82, 2.24) is 0 Å². The molecule has 1 aromatic carbocycles. The molecule has 0 spiro atoms. The molecule has 2 rings (SSSR count). The molecule has 1 aliphatic carbocycles. The van der Waals surface area contributed by atoms with Gasteiger partial charge in [0, 0.05) is 18.4 Å². The zero-order valence-corrected chi connectivity index (χ0v) is 12.6. The van der Waals surface area contributed by atoms with Crippen LogP contribution in [0.2, 0.25) is 0 Å². The smallest absolute Gasteiger partial charge is 0.107 e. The minimum Gasteiger partial charge on any atom is -0.377 e. The molecule has 0 radical (unpaired) electrons. The first kappa shape index (κ1) is 15.8. The van der Waals surface area contributed by atoms with Crippen molar-refractivity contribution in [3.05, 3.63) is 48.6 Å². The fourth-order valence-electron chi connectivity index (χ4n) is 2.04. The molecule has 2 heteroatoms. The van der Waals surface area contributed by atoms with Crippen LogP contribution >= 0.6 is 0 Å². The van der Waals surface area contributed by atoms with Crippen molar-refractivity contribution in [3.8, 4) is 11.8 Å². The molecule has 112 valence electrons. The third kappa shape index (κ3) is 6.16. The fourth-order valence-corrected chi connectivity index (χ4v) is 2.04. The molecule has 1 aromatic rings. The van der Waals surface area contributed by atoms with E-state index in [9.17, 15) is 0 Å². The highest BCUT2D eigenvalue weighted by Crippen LogP contribution is 2.46. The van der Waals surface area contributed by atoms with E-state index in [0.717, 1.165) is 26.1 Å². The molecule has 21 heavy (non-hydrogen) atoms. The Labute approximate surface area is 128 Å². The van der Waals surface area contributed by atoms with E-state index in [2.05, 4.69) is 30.6 Å². The molecule has 0 heterocycles. The zero-order valence-electron chi connectivity index (χ0n) is 12.6. The Morgan fingerprint density at radius 1 is 1.14 bits per heavy atom. The summed E-state index contributed by atoms with van der Waals surface area (Å²) in [5.41, 5.74) is 1.49. The molecule has 2 nitrogen and oxygen atoms in total. The second-order valence-corrected chi connectivity index (χ2v) is 5.55. The lowest BCUT2D eigenvalue weighted by atomic mass is 10.1. The van der Waals surface area contributed by atoms with Gasteiger partial charge in [-0.3, -0.25) is 0 Å². The number of benzene rings is 1. The van der Waals surface area contributed by atoms with E-state index in [1.54, 1.807) is 0 Å². The van der Waals surface area contributed by atoms with Gasteiger partial charge in [-0.15, -0.1) is 12.5 Å². The highest BCUT2D eigenvalue weighted by atomic mass is 16.5. The largest absolute Gasteiger partial charge is 0.377 e. The lowest BCUT2D eigenvalue weighted by Gasteiger charge is -2.07. The molecule has 1 aliphatic rings. The summed E-state index contributed by atoms with van der Waals surface area (Å²) in [5, 5.41) is 0. The van der Waals surface area contributed by atoms with E-state index in [4.69, 9.17) is 9.47 Å². The summed E-state index contributed by atoms with van der Waals surface area (Å²) < 4.78 is 11.2. The summed E-state index contributed by atoms with van der Waals surface area (Å²) in [6.07, 6.45) is 6.27. The molecule has 1 fully saturated rings. The normalized spacial score (nSPS) is 15.0. The van der Waals surface area contributed by atoms with Crippen LogP contribution < -0.4 is 0 Å². The topological polar surface area (TPSA) is 18.5 Å². The van der Waals surface area contributed by atoms with Gasteiger partial charge in [-0.25, -0.2) is 0 Å². The Morgan fingerprint density at radius 2 is 1.95 bits per heavy atom. The van der Waals surface area contributed by atoms with Crippen molar-refractivity contribution in [1.29, 1.82) is 0 Å². The van der Waals surface area contributed by atoms with Crippen LogP contribution in [0, 0.1) is 17.3 Å². The van der Waals surface area contributed by atoms with Crippen molar-refractivity contribution in [2.45, 2.75) is 32.3 Å². The molecule has 0 N–H and O–H groups in total. The van der Waals surface area contributed by atoms with Gasteiger partial charge in [0.25, 0.3) is 0 Å². The van der Waals surface area contributed by atoms with Crippen molar-refractivity contribution in [2.24, 2.45) is 5.41 Å². The minimum atomic E-state index is 0.271. The lowest BCUT2D eigenvalue weighted by molar-refractivity contribution is 0.119. The average Bonchev–Trinajstić information content (AvgIpc) is 3.31. The van der Waals surface area contributed by atoms with E-state index in [1.165, 1.54) is 18.4 Å². The van der Waals surface area contributed by atoms with Gasteiger partial charge in [0.05, 0.1) is 13.2 Å². The molecule has 1 saturated carbocycles. The number of hydrogen-bond donors (Lipinski definition) is 0. The summed E-state index contributed by atoms with van der Waals surface area (Å²) in [4.78, 5) is 0. The predicted octanol–water partition coefficient (Wildman–Crippen LogP) is 3.97. The Bertz CT molecular complexity index is 477. The third-order valence-corrected chi connectivity index (χ3v) is 3.72. The minimum absolute atomic E-state index is 0.271. The van der Waals surface area contributed by atoms with Crippen molar-refractivity contribution in [2.75, 3.05) is 19.8 Å². The van der Waals surface area contributed by atoms with Gasteiger partial charge in [-0.2, -0.15) is 0 Å². The number of ether oxygens (including phenoxy) is 2. The molecule has 0 amide bonds. The van der Waals surface area contributed by atoms with Crippen molar-refractivity contribution >= 4 is 0 Å². The standard InChI is InChI=1S/C19H24O2/c1-2-19(12-13-19)17-21-15-9-4-3-8-14-20-16-18-10-6-5-7-11-18/h2,5-7,10-11H,1,3,8,12-17H2. The third-order valence-electron chi connectivity index (χ3n) is 3.72. The van der Waals surface area contributed by atoms with Crippen LogP contribution in [-0.4, -0.2) is 19.8 Å². The zero-order chi connectivity index (χ0) is 14.8. The van der Waals surface area contributed by atoms with Gasteiger partial charge in [0.15, 0.2) is 0 Å². The van der Waals surface area contributed by atoms with Gasteiger partial charge < -0.3 is 9.47 Å². The first-order valence-electron chi connectivity index (χ1n) is 7.63. The molecule has 0 atom stereocenters. The number of hydrogen-bond acceptors (Lipinski definition) is 2. The first-order chi connectivity index (χ1) is 10.3. The molecule has 0 aromatic heterocycles. The summed E-state index contributed by atoms with van der Waals surface area (Å²) in [5.74, 6) is 6.18. The second kappa shape index (κ2) is 8.67. The second-order valence-electron chi connectivity index (χ2n) is 5.55. The Hall–Kier alpha value is -1.56. The number of unbranched alkanes of at least 4 members (excludes halogenated alkanes) is 1. The van der Waals surface area contributed by atoms with Crippen molar-refractivity contribution in [3.63, 3.8) is 0 Å². The van der Waals surface area contributed by atoms with E-state index in [-0.39, 0.29) is 5.41 Å². The first-order valence-corrected chi connectivity index (χ1v) is 7.63. The van der Waals surface area contributed by atoms with Crippen LogP contribution in [0.4, 0.5) is 0 Å². The van der Waals surface area contributed by atoms with Gasteiger partial charge in [0.1, 0.15) is 6.61 Å². The van der Waals surface area contributed by atoms with Crippen LogP contribution in [0.5, 0.6) is 0 Å². The SMILES string of the molecule is C=CC1(COCC#CCCCOCc2ccccc2)CC1. The molecule has 0 aliphatic heterocycles. The fraction of sp³-hybridized carbons (Fsp3) is 0.474. The highest BCUT2D eigenvalue weighted by molar-refractivity contribution is 5.13. The van der Waals surface area contributed by atoms with E-state index >= 15 is 0 Å². The molecule has 0 unspecified atom stereocenters. The summed E-state index contributed by atoms with van der Waals surface area (Å²) in [7, 11) is 0. The van der Waals surface area contributed by atoms with Gasteiger partial charge in [-0.05, 0) is 24.8 Å². The summed E-state index contributed by atoms with van der Waals surface area (Å²) >= 11 is 0. The van der Waals surface area contributed by atoms with Gasteiger partial charge >= 0.3 is 0 Å². The molecular formula is C19H24O2. The maximum Gasteiger partial charge on any atom is 0.107 e. The maximum absolute atomic E-state index is 5.60. The molecule has 0 saturated heterocycles. The summed E-state index contributed by atoms with van der Waals surface area (Å²) in [6.45, 7) is 6.58. The number of rotatable bonds is 9. The van der Waals surface area contributed by atoms with Crippen LogP contribution in [0.3, 0.4) is 0 Å². The Balaban J connectivity index is 1.43. The monoisotopic (exact) mass is 284 g/mol. The lowest BCUT2D eigenvalue weighted by Crippen LogP contribution is -2.07. The van der Waals surface area contributed by atoms with Crippen LogP contribution in [0.1, 0.15) is 31.2 Å². The predicted molar refractivity (Wildman–Crippen MR) is 85.8 cm³/mol. The molecular weight excluding hydrogens is 260 g/mol. The van der Waals surface area contributed by atoms with E-state index < -0.39 is 0 Å². The Kier molecular flexibility index (Phi) is 6.53. The molecule has 0 bridgehead atoms. The van der Waals surface area contributed by atoms with Gasteiger partial charge in [-0.1, -0.05) is 42.3 Å². The van der Waals surface area contributed by atoms with Crippen LogP contribution in [-0.2, 0) is 16.1 Å². The van der Waals surface area contributed by atoms with Crippen LogP contribution in [0.25, 0.3) is 0 Å².